The number of hydrogen-bond acceptors (Lipinski definition) is 3. The van der Waals surface area contributed by atoms with Gasteiger partial charge in [-0.1, -0.05) is 6.07 Å². The molecule has 15 heavy (non-hydrogen) atoms. The van der Waals surface area contributed by atoms with Gasteiger partial charge in [-0.05, 0) is 31.5 Å². The van der Waals surface area contributed by atoms with Crippen molar-refractivity contribution in [3.05, 3.63) is 29.1 Å². The number of halogens is 2. The molecule has 5 heteroatoms. The van der Waals surface area contributed by atoms with Gasteiger partial charge in [0.2, 0.25) is 0 Å². The molecule has 0 radical (unpaired) electrons. The maximum absolute atomic E-state index is 13.0. The molecule has 0 fully saturated rings. The van der Waals surface area contributed by atoms with Crippen molar-refractivity contribution in [3.8, 4) is 5.75 Å². The lowest BCUT2D eigenvalue weighted by Gasteiger charge is -2.15. The average Bonchev–Trinajstić information content (AvgIpc) is 2.13. The zero-order valence-electron chi connectivity index (χ0n) is 8.53. The summed E-state index contributed by atoms with van der Waals surface area (Å²) in [5.74, 6) is -0.996. The molecule has 0 aliphatic carbocycles. The Morgan fingerprint density at radius 2 is 2.07 bits per heavy atom. The van der Waals surface area contributed by atoms with Crippen molar-refractivity contribution in [1.82, 2.24) is 0 Å². The van der Waals surface area contributed by atoms with Gasteiger partial charge >= 0.3 is 0 Å². The molecular weight excluding hydrogens is 219 g/mol. The lowest BCUT2D eigenvalue weighted by molar-refractivity contribution is 0.418. The summed E-state index contributed by atoms with van der Waals surface area (Å²) in [5.41, 5.74) is 12.4. The molecule has 5 N–H and O–H groups in total. The number of nitrogens with two attached hydrogens (primary N) is 2. The molecule has 0 spiro atoms. The standard InChI is InChI=1S/C10H15FN2O.ClH/c1-6-2-3-7(11)10(14)9(6)8(13)4-5-12;/h2-3,8,14H,4-5,12-13H2,1H3;1H/t8-;/m1./s1. The third kappa shape index (κ3) is 3.06. The Morgan fingerprint density at radius 1 is 1.47 bits per heavy atom. The Hall–Kier alpha value is -0.840. The number of benzene rings is 1. The average molecular weight is 235 g/mol. The minimum atomic E-state index is -0.641. The first-order valence-corrected chi connectivity index (χ1v) is 4.51. The normalized spacial score (nSPS) is 12.0. The van der Waals surface area contributed by atoms with Crippen LogP contribution in [-0.4, -0.2) is 11.7 Å². The maximum Gasteiger partial charge on any atom is 0.165 e. The molecule has 0 aliphatic rings. The minimum absolute atomic E-state index is 0. The Morgan fingerprint density at radius 3 is 2.60 bits per heavy atom. The number of aryl methyl sites for hydroxylation is 1. The van der Waals surface area contributed by atoms with Gasteiger partial charge in [0.05, 0.1) is 0 Å². The molecule has 86 valence electrons. The van der Waals surface area contributed by atoms with Crippen molar-refractivity contribution in [3.63, 3.8) is 0 Å². The van der Waals surface area contributed by atoms with Crippen LogP contribution >= 0.6 is 12.4 Å². The molecule has 0 amide bonds. The highest BCUT2D eigenvalue weighted by Gasteiger charge is 2.16. The third-order valence-electron chi connectivity index (χ3n) is 2.23. The van der Waals surface area contributed by atoms with Gasteiger partial charge in [-0.3, -0.25) is 0 Å². The summed E-state index contributed by atoms with van der Waals surface area (Å²) < 4.78 is 13.0. The van der Waals surface area contributed by atoms with Gasteiger partial charge in [0.25, 0.3) is 0 Å². The van der Waals surface area contributed by atoms with Gasteiger partial charge in [-0.25, -0.2) is 4.39 Å². The van der Waals surface area contributed by atoms with E-state index < -0.39 is 11.9 Å². The van der Waals surface area contributed by atoms with E-state index in [1.165, 1.54) is 6.07 Å². The zero-order valence-corrected chi connectivity index (χ0v) is 9.35. The van der Waals surface area contributed by atoms with Crippen molar-refractivity contribution in [2.45, 2.75) is 19.4 Å². The molecule has 3 nitrogen and oxygen atoms in total. The first-order valence-electron chi connectivity index (χ1n) is 4.51. The lowest BCUT2D eigenvalue weighted by atomic mass is 9.98. The molecule has 0 aliphatic heterocycles. The number of rotatable bonds is 3. The van der Waals surface area contributed by atoms with E-state index >= 15 is 0 Å². The first-order chi connectivity index (χ1) is 6.57. The van der Waals surface area contributed by atoms with Crippen molar-refractivity contribution in [2.75, 3.05) is 6.54 Å². The summed E-state index contributed by atoms with van der Waals surface area (Å²) in [7, 11) is 0. The summed E-state index contributed by atoms with van der Waals surface area (Å²) in [6.45, 7) is 2.20. The van der Waals surface area contributed by atoms with Crippen LogP contribution in [0.2, 0.25) is 0 Å². The number of hydrogen-bond donors (Lipinski definition) is 3. The second-order valence-corrected chi connectivity index (χ2v) is 3.31. The molecule has 0 unspecified atom stereocenters. The van der Waals surface area contributed by atoms with E-state index in [0.29, 0.717) is 18.5 Å². The van der Waals surface area contributed by atoms with E-state index in [9.17, 15) is 9.50 Å². The van der Waals surface area contributed by atoms with Gasteiger partial charge in [0, 0.05) is 11.6 Å². The maximum atomic E-state index is 13.0. The van der Waals surface area contributed by atoms with Crippen LogP contribution in [0.15, 0.2) is 12.1 Å². The van der Waals surface area contributed by atoms with Crippen LogP contribution < -0.4 is 11.5 Å². The van der Waals surface area contributed by atoms with Crippen molar-refractivity contribution < 1.29 is 9.50 Å². The van der Waals surface area contributed by atoms with Gasteiger partial charge < -0.3 is 16.6 Å². The summed E-state index contributed by atoms with van der Waals surface area (Å²) >= 11 is 0. The molecule has 0 aromatic heterocycles. The summed E-state index contributed by atoms with van der Waals surface area (Å²) in [5, 5.41) is 9.48. The summed E-state index contributed by atoms with van der Waals surface area (Å²) in [4.78, 5) is 0. The van der Waals surface area contributed by atoms with E-state index in [1.807, 2.05) is 0 Å². The second kappa shape index (κ2) is 5.90. The summed E-state index contributed by atoms with van der Waals surface area (Å²) in [6.07, 6.45) is 0.526. The van der Waals surface area contributed by atoms with E-state index in [0.717, 1.165) is 5.56 Å². The molecule has 0 heterocycles. The predicted octanol–water partition coefficient (Wildman–Crippen LogP) is 1.61. The van der Waals surface area contributed by atoms with Crippen LogP contribution in [-0.2, 0) is 0 Å². The minimum Gasteiger partial charge on any atom is -0.505 e. The van der Waals surface area contributed by atoms with Crippen molar-refractivity contribution in [2.24, 2.45) is 11.5 Å². The van der Waals surface area contributed by atoms with Crippen molar-refractivity contribution in [1.29, 1.82) is 0 Å². The summed E-state index contributed by atoms with van der Waals surface area (Å²) in [6, 6.07) is 2.42. The number of phenolic OH excluding ortho intramolecular Hbond substituents is 1. The lowest BCUT2D eigenvalue weighted by Crippen LogP contribution is -2.16. The van der Waals surface area contributed by atoms with Gasteiger partial charge in [0.15, 0.2) is 11.6 Å². The third-order valence-corrected chi connectivity index (χ3v) is 2.23. The highest BCUT2D eigenvalue weighted by molar-refractivity contribution is 5.85. The molecule has 1 rings (SSSR count). The van der Waals surface area contributed by atoms with E-state index in [2.05, 4.69) is 0 Å². The highest BCUT2D eigenvalue weighted by Crippen LogP contribution is 2.30. The molecule has 1 atom stereocenters. The molecule has 1 aromatic rings. The molecule has 0 bridgehead atoms. The molecule has 0 saturated carbocycles. The van der Waals surface area contributed by atoms with E-state index in [1.54, 1.807) is 13.0 Å². The first kappa shape index (κ1) is 14.2. The van der Waals surface area contributed by atoms with Crippen molar-refractivity contribution >= 4 is 12.4 Å². The van der Waals surface area contributed by atoms with Gasteiger partial charge in [0.1, 0.15) is 0 Å². The highest BCUT2D eigenvalue weighted by atomic mass is 35.5. The Bertz CT molecular complexity index is 333. The van der Waals surface area contributed by atoms with Gasteiger partial charge in [-0.2, -0.15) is 0 Å². The van der Waals surface area contributed by atoms with Gasteiger partial charge in [-0.15, -0.1) is 12.4 Å². The fourth-order valence-corrected chi connectivity index (χ4v) is 1.47. The predicted molar refractivity (Wildman–Crippen MR) is 60.6 cm³/mol. The smallest absolute Gasteiger partial charge is 0.165 e. The van der Waals surface area contributed by atoms with Crippen LogP contribution in [0.1, 0.15) is 23.6 Å². The SMILES string of the molecule is Cc1ccc(F)c(O)c1[C@H](N)CCN.Cl. The topological polar surface area (TPSA) is 72.3 Å². The van der Waals surface area contributed by atoms with Crippen LogP contribution in [0.5, 0.6) is 5.75 Å². The fourth-order valence-electron chi connectivity index (χ4n) is 1.47. The van der Waals surface area contributed by atoms with Crippen LogP contribution in [0.4, 0.5) is 4.39 Å². The van der Waals surface area contributed by atoms with Crippen LogP contribution in [0.3, 0.4) is 0 Å². The zero-order chi connectivity index (χ0) is 10.7. The van der Waals surface area contributed by atoms with E-state index in [-0.39, 0.29) is 18.2 Å². The monoisotopic (exact) mass is 234 g/mol. The Kier molecular flexibility index (Phi) is 5.57. The quantitative estimate of drug-likeness (QED) is 0.744. The van der Waals surface area contributed by atoms with Crippen LogP contribution in [0, 0.1) is 12.7 Å². The molecule has 1 aromatic carbocycles. The number of phenols is 1. The fraction of sp³-hybridized carbons (Fsp3) is 0.400. The largest absolute Gasteiger partial charge is 0.505 e. The number of aromatic hydroxyl groups is 1. The Balaban J connectivity index is 0.00000196. The Labute approximate surface area is 94.7 Å². The van der Waals surface area contributed by atoms with E-state index in [4.69, 9.17) is 11.5 Å². The molecule has 0 saturated heterocycles. The molecular formula is C10H16ClFN2O. The second-order valence-electron chi connectivity index (χ2n) is 3.31. The van der Waals surface area contributed by atoms with Crippen LogP contribution in [0.25, 0.3) is 0 Å².